The van der Waals surface area contributed by atoms with Gasteiger partial charge in [-0.25, -0.2) is 0 Å². The summed E-state index contributed by atoms with van der Waals surface area (Å²) in [6.45, 7) is 0.465. The van der Waals surface area contributed by atoms with Crippen molar-refractivity contribution in [1.82, 2.24) is 14.6 Å². The molecule has 0 N–H and O–H groups in total. The third-order valence-electron chi connectivity index (χ3n) is 2.27. The van der Waals surface area contributed by atoms with Crippen molar-refractivity contribution >= 4 is 29.0 Å². The van der Waals surface area contributed by atoms with Gasteiger partial charge in [0.05, 0.1) is 17.2 Å². The Morgan fingerprint density at radius 3 is 2.79 bits per heavy atom. The SMILES string of the molecule is COCCSc1nnc2c(Cl)cc(C(F)(F)F)cn12. The molecule has 4 nitrogen and oxygen atoms in total. The summed E-state index contributed by atoms with van der Waals surface area (Å²) in [5.74, 6) is 0.561. The zero-order valence-electron chi connectivity index (χ0n) is 9.74. The van der Waals surface area contributed by atoms with Crippen LogP contribution >= 0.6 is 23.4 Å². The Kier molecular flexibility index (Phi) is 4.22. The molecule has 0 spiro atoms. The number of fused-ring (bicyclic) bond motifs is 1. The highest BCUT2D eigenvalue weighted by molar-refractivity contribution is 7.99. The predicted octanol–water partition coefficient (Wildman–Crippen LogP) is 3.14. The molecule has 0 saturated heterocycles. The second-order valence-electron chi connectivity index (χ2n) is 3.59. The monoisotopic (exact) mass is 311 g/mol. The molecule has 0 fully saturated rings. The van der Waals surface area contributed by atoms with E-state index in [9.17, 15) is 13.2 Å². The molecule has 2 aromatic heterocycles. The molecule has 0 atom stereocenters. The molecule has 9 heteroatoms. The van der Waals surface area contributed by atoms with Gasteiger partial charge in [-0.3, -0.25) is 4.40 Å². The maximum absolute atomic E-state index is 12.7. The number of hydrogen-bond donors (Lipinski definition) is 0. The number of halogens is 4. The van der Waals surface area contributed by atoms with Crippen LogP contribution in [0.5, 0.6) is 0 Å². The third kappa shape index (κ3) is 3.13. The highest BCUT2D eigenvalue weighted by atomic mass is 35.5. The highest BCUT2D eigenvalue weighted by Gasteiger charge is 2.32. The first-order valence-electron chi connectivity index (χ1n) is 5.16. The van der Waals surface area contributed by atoms with Gasteiger partial charge in [0.2, 0.25) is 0 Å². The summed E-state index contributed by atoms with van der Waals surface area (Å²) in [5, 5.41) is 7.86. The Balaban J connectivity index is 2.42. The van der Waals surface area contributed by atoms with Gasteiger partial charge in [-0.2, -0.15) is 13.2 Å². The van der Waals surface area contributed by atoms with E-state index in [2.05, 4.69) is 10.2 Å². The minimum atomic E-state index is -4.46. The van der Waals surface area contributed by atoms with Crippen molar-refractivity contribution in [3.8, 4) is 0 Å². The first-order valence-corrected chi connectivity index (χ1v) is 6.53. The number of ether oxygens (including phenoxy) is 1. The van der Waals surface area contributed by atoms with E-state index in [1.165, 1.54) is 16.2 Å². The molecule has 19 heavy (non-hydrogen) atoms. The van der Waals surface area contributed by atoms with Gasteiger partial charge < -0.3 is 4.74 Å². The van der Waals surface area contributed by atoms with Crippen molar-refractivity contribution in [2.75, 3.05) is 19.5 Å². The number of pyridine rings is 1. The molecule has 0 radical (unpaired) electrons. The Morgan fingerprint density at radius 1 is 1.42 bits per heavy atom. The molecule has 0 aliphatic heterocycles. The van der Waals surface area contributed by atoms with Crippen LogP contribution in [0, 0.1) is 0 Å². The molecular formula is C10H9ClF3N3OS. The largest absolute Gasteiger partial charge is 0.417 e. The minimum Gasteiger partial charge on any atom is -0.384 e. The first-order chi connectivity index (χ1) is 8.93. The van der Waals surface area contributed by atoms with Crippen molar-refractivity contribution in [2.45, 2.75) is 11.3 Å². The van der Waals surface area contributed by atoms with E-state index in [1.807, 2.05) is 0 Å². The van der Waals surface area contributed by atoms with Crippen LogP contribution in [-0.4, -0.2) is 34.1 Å². The van der Waals surface area contributed by atoms with Gasteiger partial charge in [0.1, 0.15) is 0 Å². The molecule has 0 aromatic carbocycles. The van der Waals surface area contributed by atoms with E-state index in [4.69, 9.17) is 16.3 Å². The van der Waals surface area contributed by atoms with Gasteiger partial charge in [0.25, 0.3) is 0 Å². The predicted molar refractivity (Wildman–Crippen MR) is 65.6 cm³/mol. The molecule has 0 saturated carbocycles. The zero-order chi connectivity index (χ0) is 14.0. The Morgan fingerprint density at radius 2 is 2.16 bits per heavy atom. The summed E-state index contributed by atoms with van der Waals surface area (Å²) in [4.78, 5) is 0. The topological polar surface area (TPSA) is 39.4 Å². The van der Waals surface area contributed by atoms with E-state index < -0.39 is 11.7 Å². The van der Waals surface area contributed by atoms with Crippen molar-refractivity contribution in [3.05, 3.63) is 22.8 Å². The summed E-state index contributed by atoms with van der Waals surface area (Å²) < 4.78 is 44.2. The number of alkyl halides is 3. The van der Waals surface area contributed by atoms with Crippen LogP contribution in [0.3, 0.4) is 0 Å². The number of thioether (sulfide) groups is 1. The Hall–Kier alpha value is -0.990. The van der Waals surface area contributed by atoms with E-state index in [1.54, 1.807) is 7.11 Å². The van der Waals surface area contributed by atoms with Crippen molar-refractivity contribution < 1.29 is 17.9 Å². The summed E-state index contributed by atoms with van der Waals surface area (Å²) in [5.41, 5.74) is -0.632. The maximum atomic E-state index is 12.7. The molecule has 0 aliphatic rings. The number of nitrogens with zero attached hydrogens (tertiary/aromatic N) is 3. The van der Waals surface area contributed by atoms with Gasteiger partial charge in [0, 0.05) is 19.1 Å². The standard InChI is InChI=1S/C10H9ClF3N3OS/c1-18-2-3-19-9-16-15-8-7(11)4-6(5-17(8)9)10(12,13)14/h4-5H,2-3H2,1H3. The molecule has 0 bridgehead atoms. The lowest BCUT2D eigenvalue weighted by Gasteiger charge is -2.08. The number of methoxy groups -OCH3 is 1. The molecule has 2 aromatic rings. The number of hydrogen-bond acceptors (Lipinski definition) is 4. The Bertz CT molecular complexity index is 587. The van der Waals surface area contributed by atoms with Crippen LogP contribution in [0.1, 0.15) is 5.56 Å². The lowest BCUT2D eigenvalue weighted by atomic mass is 10.3. The first kappa shape index (κ1) is 14.4. The van der Waals surface area contributed by atoms with Gasteiger partial charge in [-0.15, -0.1) is 10.2 Å². The van der Waals surface area contributed by atoms with Crippen molar-refractivity contribution in [2.24, 2.45) is 0 Å². The average molecular weight is 312 g/mol. The minimum absolute atomic E-state index is 0.0825. The molecule has 0 aliphatic carbocycles. The van der Waals surface area contributed by atoms with Crippen LogP contribution < -0.4 is 0 Å². The molecule has 2 rings (SSSR count). The van der Waals surface area contributed by atoms with Gasteiger partial charge >= 0.3 is 6.18 Å². The number of rotatable bonds is 4. The third-order valence-corrected chi connectivity index (χ3v) is 3.46. The zero-order valence-corrected chi connectivity index (χ0v) is 11.3. The lowest BCUT2D eigenvalue weighted by molar-refractivity contribution is -0.137. The summed E-state index contributed by atoms with van der Waals surface area (Å²) in [6.07, 6.45) is -3.52. The maximum Gasteiger partial charge on any atom is 0.417 e. The number of aromatic nitrogens is 3. The normalized spacial score (nSPS) is 12.3. The van der Waals surface area contributed by atoms with Gasteiger partial charge in [-0.05, 0) is 6.07 Å². The van der Waals surface area contributed by atoms with Crippen LogP contribution in [0.25, 0.3) is 5.65 Å². The molecular weight excluding hydrogens is 303 g/mol. The lowest BCUT2D eigenvalue weighted by Crippen LogP contribution is -2.07. The highest BCUT2D eigenvalue weighted by Crippen LogP contribution is 2.33. The molecule has 2 heterocycles. The molecule has 0 unspecified atom stereocenters. The molecule has 0 amide bonds. The Labute approximate surface area is 115 Å². The fourth-order valence-electron chi connectivity index (χ4n) is 1.40. The fourth-order valence-corrected chi connectivity index (χ4v) is 2.46. The van der Waals surface area contributed by atoms with E-state index in [0.717, 1.165) is 12.3 Å². The quantitative estimate of drug-likeness (QED) is 0.642. The summed E-state index contributed by atoms with van der Waals surface area (Å²) in [7, 11) is 1.54. The average Bonchev–Trinajstić information content (AvgIpc) is 2.72. The molecule has 104 valence electrons. The van der Waals surface area contributed by atoms with Crippen LogP contribution in [0.2, 0.25) is 5.02 Å². The second-order valence-corrected chi connectivity index (χ2v) is 5.06. The van der Waals surface area contributed by atoms with Crippen LogP contribution in [-0.2, 0) is 10.9 Å². The fraction of sp³-hybridized carbons (Fsp3) is 0.400. The van der Waals surface area contributed by atoms with Gasteiger partial charge in [0.15, 0.2) is 10.8 Å². The second kappa shape index (κ2) is 5.56. The smallest absolute Gasteiger partial charge is 0.384 e. The van der Waals surface area contributed by atoms with Crippen LogP contribution in [0.4, 0.5) is 13.2 Å². The van der Waals surface area contributed by atoms with Crippen LogP contribution in [0.15, 0.2) is 17.4 Å². The van der Waals surface area contributed by atoms with Crippen molar-refractivity contribution in [3.63, 3.8) is 0 Å². The summed E-state index contributed by atoms with van der Waals surface area (Å²) in [6, 6.07) is 0.842. The van der Waals surface area contributed by atoms with E-state index in [-0.39, 0.29) is 10.7 Å². The van der Waals surface area contributed by atoms with E-state index in [0.29, 0.717) is 17.5 Å². The van der Waals surface area contributed by atoms with E-state index >= 15 is 0 Å². The van der Waals surface area contributed by atoms with Crippen molar-refractivity contribution in [1.29, 1.82) is 0 Å². The summed E-state index contributed by atoms with van der Waals surface area (Å²) >= 11 is 7.03. The van der Waals surface area contributed by atoms with Gasteiger partial charge in [-0.1, -0.05) is 23.4 Å².